The lowest BCUT2D eigenvalue weighted by Gasteiger charge is -2.24. The second kappa shape index (κ2) is 7.04. The third-order valence-electron chi connectivity index (χ3n) is 4.50. The Morgan fingerprint density at radius 2 is 1.75 bits per heavy atom. The first-order valence-corrected chi connectivity index (χ1v) is 10.7. The number of ether oxygens (including phenoxy) is 1. The zero-order chi connectivity index (χ0) is 19.9. The van der Waals surface area contributed by atoms with Gasteiger partial charge >= 0.3 is 0 Å². The molecule has 0 bridgehead atoms. The van der Waals surface area contributed by atoms with E-state index in [9.17, 15) is 12.8 Å². The van der Waals surface area contributed by atoms with Crippen LogP contribution in [0.4, 0.5) is 4.39 Å². The second-order valence-electron chi connectivity index (χ2n) is 6.50. The Morgan fingerprint density at radius 3 is 2.39 bits per heavy atom. The van der Waals surface area contributed by atoms with Crippen LogP contribution in [0.5, 0.6) is 5.75 Å². The van der Waals surface area contributed by atoms with E-state index < -0.39 is 9.84 Å². The fraction of sp³-hybridized carbons (Fsp3) is 0.0952. The van der Waals surface area contributed by atoms with Gasteiger partial charge in [0.25, 0.3) is 0 Å². The molecule has 4 nitrogen and oxygen atoms in total. The number of hydrogen-bond donors (Lipinski definition) is 0. The van der Waals surface area contributed by atoms with E-state index in [0.717, 1.165) is 23.0 Å². The molecule has 1 aliphatic heterocycles. The predicted octanol–water partition coefficient (Wildman–Crippen LogP) is 4.78. The summed E-state index contributed by atoms with van der Waals surface area (Å²) in [6.07, 6.45) is 3.24. The summed E-state index contributed by atoms with van der Waals surface area (Å²) in [5.74, 6) is 0.800. The third kappa shape index (κ3) is 3.66. The van der Waals surface area contributed by atoms with Crippen LogP contribution in [0.3, 0.4) is 0 Å². The highest BCUT2D eigenvalue weighted by Crippen LogP contribution is 2.39. The Morgan fingerprint density at radius 1 is 1.04 bits per heavy atom. The van der Waals surface area contributed by atoms with Crippen LogP contribution in [0.1, 0.15) is 16.7 Å². The molecule has 28 heavy (non-hydrogen) atoms. The number of pyridine rings is 1. The number of sulfone groups is 1. The second-order valence-corrected chi connectivity index (χ2v) is 8.91. The molecule has 0 saturated heterocycles. The molecular formula is C21H15ClFNO3S. The summed E-state index contributed by atoms with van der Waals surface area (Å²) in [5.41, 5.74) is 3.05. The summed E-state index contributed by atoms with van der Waals surface area (Å²) in [6.45, 7) is 0. The molecule has 0 radical (unpaired) electrons. The molecule has 1 aliphatic rings. The molecule has 1 aromatic heterocycles. The van der Waals surface area contributed by atoms with Crippen LogP contribution < -0.4 is 4.74 Å². The van der Waals surface area contributed by atoms with E-state index in [1.165, 1.54) is 12.1 Å². The van der Waals surface area contributed by atoms with Crippen molar-refractivity contribution in [2.75, 3.05) is 6.26 Å². The summed E-state index contributed by atoms with van der Waals surface area (Å²) in [4.78, 5) is 4.35. The highest BCUT2D eigenvalue weighted by Gasteiger charge is 2.23. The number of aromatic nitrogens is 1. The van der Waals surface area contributed by atoms with E-state index in [4.69, 9.17) is 16.3 Å². The molecule has 2 heterocycles. The lowest BCUT2D eigenvalue weighted by atomic mass is 9.93. The fourth-order valence-electron chi connectivity index (χ4n) is 3.10. The number of halogens is 2. The largest absolute Gasteiger partial charge is 0.456 e. The average molecular weight is 416 g/mol. The van der Waals surface area contributed by atoms with Crippen molar-refractivity contribution >= 4 is 32.8 Å². The highest BCUT2D eigenvalue weighted by molar-refractivity contribution is 7.90. The Balaban J connectivity index is 1.85. The van der Waals surface area contributed by atoms with Gasteiger partial charge < -0.3 is 4.74 Å². The summed E-state index contributed by atoms with van der Waals surface area (Å²) in [7, 11) is -3.30. The summed E-state index contributed by atoms with van der Waals surface area (Å²) in [6, 6.07) is 14.4. The van der Waals surface area contributed by atoms with Gasteiger partial charge in [0.2, 0.25) is 0 Å². The van der Waals surface area contributed by atoms with Crippen LogP contribution >= 0.6 is 11.6 Å². The van der Waals surface area contributed by atoms with Gasteiger partial charge in [-0.15, -0.1) is 0 Å². The summed E-state index contributed by atoms with van der Waals surface area (Å²) < 4.78 is 43.3. The Kier molecular flexibility index (Phi) is 4.69. The number of allylic oxidation sites excluding steroid dienone is 1. The van der Waals surface area contributed by atoms with E-state index in [0.29, 0.717) is 28.6 Å². The van der Waals surface area contributed by atoms with Crippen molar-refractivity contribution in [1.29, 1.82) is 0 Å². The first kappa shape index (κ1) is 18.7. The van der Waals surface area contributed by atoms with Crippen molar-refractivity contribution in [1.82, 2.24) is 4.98 Å². The van der Waals surface area contributed by atoms with Crippen LogP contribution in [-0.2, 0) is 16.3 Å². The minimum absolute atomic E-state index is 0.227. The molecule has 0 aliphatic carbocycles. The zero-order valence-corrected chi connectivity index (χ0v) is 16.4. The SMILES string of the molecule is CS(=O)(=O)c1ccc(C2=C(c3ccc(Cl)nc3)Cc3cc(F)ccc3O2)cc1. The lowest BCUT2D eigenvalue weighted by Crippen LogP contribution is -2.10. The number of rotatable bonds is 3. The highest BCUT2D eigenvalue weighted by atomic mass is 35.5. The monoisotopic (exact) mass is 415 g/mol. The molecule has 0 spiro atoms. The molecule has 0 unspecified atom stereocenters. The molecule has 0 fully saturated rings. The Labute approximate surface area is 167 Å². The van der Waals surface area contributed by atoms with Crippen molar-refractivity contribution in [3.05, 3.63) is 88.5 Å². The predicted molar refractivity (Wildman–Crippen MR) is 106 cm³/mol. The maximum Gasteiger partial charge on any atom is 0.175 e. The van der Waals surface area contributed by atoms with Crippen LogP contribution in [0.25, 0.3) is 11.3 Å². The molecule has 142 valence electrons. The first-order chi connectivity index (χ1) is 13.3. The molecular weight excluding hydrogens is 401 g/mol. The van der Waals surface area contributed by atoms with Crippen molar-refractivity contribution in [3.8, 4) is 5.75 Å². The van der Waals surface area contributed by atoms with Crippen LogP contribution in [0.15, 0.2) is 65.7 Å². The molecule has 7 heteroatoms. The minimum atomic E-state index is -3.30. The van der Waals surface area contributed by atoms with Gasteiger partial charge in [0.05, 0.1) is 4.90 Å². The quantitative estimate of drug-likeness (QED) is 0.577. The standard InChI is InChI=1S/C21H15ClFNO3S/c1-28(25,26)17-6-2-13(3-7-17)21-18(14-4-9-20(22)24-12-14)11-15-10-16(23)5-8-19(15)27-21/h2-10,12H,11H2,1H3. The molecule has 0 N–H and O–H groups in total. The topological polar surface area (TPSA) is 56.3 Å². The first-order valence-electron chi connectivity index (χ1n) is 8.43. The van der Waals surface area contributed by atoms with Gasteiger partial charge in [-0.3, -0.25) is 0 Å². The summed E-state index contributed by atoms with van der Waals surface area (Å²) in [5, 5.41) is 0.367. The number of nitrogens with zero attached hydrogens (tertiary/aromatic N) is 1. The van der Waals surface area contributed by atoms with Crippen molar-refractivity contribution < 1.29 is 17.5 Å². The van der Waals surface area contributed by atoms with E-state index in [1.54, 1.807) is 42.6 Å². The van der Waals surface area contributed by atoms with Crippen LogP contribution in [0.2, 0.25) is 5.15 Å². The van der Waals surface area contributed by atoms with Crippen molar-refractivity contribution in [2.24, 2.45) is 0 Å². The van der Waals surface area contributed by atoms with Gasteiger partial charge in [0.1, 0.15) is 22.5 Å². The molecule has 4 rings (SSSR count). The molecule has 0 atom stereocenters. The van der Waals surface area contributed by atoms with E-state index in [1.807, 2.05) is 6.07 Å². The van der Waals surface area contributed by atoms with Crippen molar-refractivity contribution in [2.45, 2.75) is 11.3 Å². The minimum Gasteiger partial charge on any atom is -0.456 e. The fourth-order valence-corrected chi connectivity index (χ4v) is 3.84. The lowest BCUT2D eigenvalue weighted by molar-refractivity contribution is 0.498. The zero-order valence-electron chi connectivity index (χ0n) is 14.8. The van der Waals surface area contributed by atoms with Crippen LogP contribution in [-0.4, -0.2) is 19.7 Å². The Hall–Kier alpha value is -2.70. The smallest absolute Gasteiger partial charge is 0.175 e. The van der Waals surface area contributed by atoms with Crippen LogP contribution in [0, 0.1) is 5.82 Å². The Bertz CT molecular complexity index is 1190. The third-order valence-corrected chi connectivity index (χ3v) is 5.85. The van der Waals surface area contributed by atoms with Gasteiger partial charge in [0.15, 0.2) is 9.84 Å². The molecule has 0 saturated carbocycles. The number of hydrogen-bond acceptors (Lipinski definition) is 4. The van der Waals surface area contributed by atoms with Gasteiger partial charge in [0, 0.05) is 41.1 Å². The van der Waals surface area contributed by atoms with Gasteiger partial charge in [-0.2, -0.15) is 0 Å². The maximum atomic E-state index is 13.7. The number of benzene rings is 2. The average Bonchev–Trinajstić information content (AvgIpc) is 2.67. The van der Waals surface area contributed by atoms with Gasteiger partial charge in [-0.25, -0.2) is 17.8 Å². The van der Waals surface area contributed by atoms with E-state index >= 15 is 0 Å². The van der Waals surface area contributed by atoms with E-state index in [2.05, 4.69) is 4.98 Å². The molecule has 0 amide bonds. The molecule has 2 aromatic carbocycles. The van der Waals surface area contributed by atoms with E-state index in [-0.39, 0.29) is 10.7 Å². The van der Waals surface area contributed by atoms with Gasteiger partial charge in [-0.05, 0) is 54.6 Å². The normalized spacial score (nSPS) is 13.8. The molecule has 3 aromatic rings. The number of fused-ring (bicyclic) bond motifs is 1. The summed E-state index contributed by atoms with van der Waals surface area (Å²) >= 11 is 5.90. The van der Waals surface area contributed by atoms with Gasteiger partial charge in [-0.1, -0.05) is 11.6 Å². The van der Waals surface area contributed by atoms with Crippen molar-refractivity contribution in [3.63, 3.8) is 0 Å². The maximum absolute atomic E-state index is 13.7.